The molecule has 0 heterocycles. The molecule has 47 heavy (non-hydrogen) atoms. The Hall–Kier alpha value is -5.69. The number of alkyl halides is 5. The number of ketones is 2. The predicted molar refractivity (Wildman–Crippen MR) is 151 cm³/mol. The van der Waals surface area contributed by atoms with Crippen molar-refractivity contribution in [3.63, 3.8) is 0 Å². The summed E-state index contributed by atoms with van der Waals surface area (Å²) in [5.41, 5.74) is -0.596. The summed E-state index contributed by atoms with van der Waals surface area (Å²) in [6.07, 6.45) is -7.70. The molecule has 0 radical (unpaired) electrons. The van der Waals surface area contributed by atoms with Crippen molar-refractivity contribution < 1.29 is 49.8 Å². The molecule has 6 nitrogen and oxygen atoms in total. The molecule has 0 aromatic heterocycles. The van der Waals surface area contributed by atoms with Crippen LogP contribution in [0.25, 0.3) is 0 Å². The Bertz CT molecular complexity index is 2000. The van der Waals surface area contributed by atoms with Crippen LogP contribution in [0.5, 0.6) is 23.0 Å². The first-order valence-corrected chi connectivity index (χ1v) is 13.8. The van der Waals surface area contributed by atoms with Crippen molar-refractivity contribution in [2.24, 2.45) is 0 Å². The number of benzene rings is 4. The summed E-state index contributed by atoms with van der Waals surface area (Å²) in [4.78, 5) is 23.3. The lowest BCUT2D eigenvalue weighted by molar-refractivity contribution is 0.0898. The van der Waals surface area contributed by atoms with E-state index < -0.39 is 48.4 Å². The minimum atomic E-state index is -3.00. The number of rotatable bonds is 6. The molecule has 0 aliphatic heterocycles. The van der Waals surface area contributed by atoms with Crippen molar-refractivity contribution in [1.29, 1.82) is 10.5 Å². The number of nitriles is 2. The van der Waals surface area contributed by atoms with Gasteiger partial charge in [-0.3, -0.25) is 9.59 Å². The molecule has 0 amide bonds. The Morgan fingerprint density at radius 2 is 1.17 bits per heavy atom. The highest BCUT2D eigenvalue weighted by Gasteiger charge is 2.36. The maximum absolute atomic E-state index is 13.5. The Morgan fingerprint density at radius 3 is 1.66 bits per heavy atom. The highest BCUT2D eigenvalue weighted by molar-refractivity contribution is 6.04. The highest BCUT2D eigenvalue weighted by atomic mass is 19.3. The summed E-state index contributed by atoms with van der Waals surface area (Å²) in [5.74, 6) is -3.11. The van der Waals surface area contributed by atoms with Gasteiger partial charge in [-0.05, 0) is 66.1 Å². The van der Waals surface area contributed by atoms with Gasteiger partial charge in [-0.2, -0.15) is 10.5 Å². The third-order valence-corrected chi connectivity index (χ3v) is 7.36. The van der Waals surface area contributed by atoms with Gasteiger partial charge in [0.15, 0.2) is 17.7 Å². The summed E-state index contributed by atoms with van der Waals surface area (Å²) in [7, 11) is 0. The van der Waals surface area contributed by atoms with Crippen LogP contribution in [0, 0.1) is 34.3 Å². The second-order valence-corrected chi connectivity index (χ2v) is 10.3. The number of Topliss-reactive ketones (excluding diaryl/α,β-unsaturated/α-hetero) is 2. The predicted octanol–water partition coefficient (Wildman–Crippen LogP) is 9.06. The summed E-state index contributed by atoms with van der Waals surface area (Å²) in [6, 6.07) is 14.9. The number of halogens is 7. The van der Waals surface area contributed by atoms with Gasteiger partial charge in [0.05, 0.1) is 34.4 Å². The van der Waals surface area contributed by atoms with Crippen LogP contribution in [0.4, 0.5) is 30.7 Å². The van der Waals surface area contributed by atoms with Crippen LogP contribution >= 0.6 is 0 Å². The van der Waals surface area contributed by atoms with Gasteiger partial charge in [-0.15, -0.1) is 0 Å². The maximum Gasteiger partial charge on any atom is 0.267 e. The number of ether oxygens (including phenoxy) is 2. The number of hydrogen-bond donors (Lipinski definition) is 0. The molecular formula is C34H19F7N2O4. The molecule has 6 rings (SSSR count). The Labute approximate surface area is 262 Å². The third kappa shape index (κ3) is 6.79. The van der Waals surface area contributed by atoms with Crippen LogP contribution in [0.15, 0.2) is 60.7 Å². The second kappa shape index (κ2) is 13.3. The van der Waals surface area contributed by atoms with Gasteiger partial charge in [-0.25, -0.2) is 30.7 Å². The summed E-state index contributed by atoms with van der Waals surface area (Å²) in [5, 5.41) is 17.6. The molecule has 2 aliphatic carbocycles. The molecule has 1 atom stereocenters. The van der Waals surface area contributed by atoms with E-state index in [0.29, 0.717) is 0 Å². The van der Waals surface area contributed by atoms with Gasteiger partial charge in [0.1, 0.15) is 34.6 Å². The molecule has 0 fully saturated rings. The minimum absolute atomic E-state index is 0.0231. The SMILES string of the molecule is N#Cc1cc(F)cc(Oc2ccc3c(c2C(F)F)CC(F)C3=O)c1.N#Cc1cc(F)cc(Oc2ccc3c(c2C(F)F)CCC3=O)c1. The van der Waals surface area contributed by atoms with Crippen molar-refractivity contribution in [2.45, 2.75) is 38.3 Å². The molecule has 0 N–H and O–H groups in total. The zero-order valence-corrected chi connectivity index (χ0v) is 23.8. The van der Waals surface area contributed by atoms with E-state index in [9.17, 15) is 40.3 Å². The maximum atomic E-state index is 13.5. The normalized spacial score (nSPS) is 14.7. The average molecular weight is 653 g/mol. The zero-order chi connectivity index (χ0) is 34.0. The number of nitrogens with zero attached hydrogens (tertiary/aromatic N) is 2. The molecule has 4 aromatic carbocycles. The molecule has 13 heteroatoms. The van der Waals surface area contributed by atoms with Crippen molar-refractivity contribution in [3.05, 3.63) is 117 Å². The largest absolute Gasteiger partial charge is 0.457 e. The molecule has 1 unspecified atom stereocenters. The third-order valence-electron chi connectivity index (χ3n) is 7.36. The fourth-order valence-electron chi connectivity index (χ4n) is 5.36. The molecular weight excluding hydrogens is 633 g/mol. The van der Waals surface area contributed by atoms with Crippen molar-refractivity contribution in [2.75, 3.05) is 0 Å². The van der Waals surface area contributed by atoms with Gasteiger partial charge in [0, 0.05) is 36.1 Å². The van der Waals surface area contributed by atoms with E-state index in [0.717, 1.165) is 30.3 Å². The average Bonchev–Trinajstić information content (AvgIpc) is 3.53. The molecule has 0 saturated heterocycles. The van der Waals surface area contributed by atoms with E-state index in [1.54, 1.807) is 12.1 Å². The molecule has 4 aromatic rings. The topological polar surface area (TPSA) is 100 Å². The second-order valence-electron chi connectivity index (χ2n) is 10.3. The Kier molecular flexibility index (Phi) is 9.29. The lowest BCUT2D eigenvalue weighted by atomic mass is 10.0. The quantitative estimate of drug-likeness (QED) is 0.193. The Morgan fingerprint density at radius 1 is 0.681 bits per heavy atom. The van der Waals surface area contributed by atoms with Crippen molar-refractivity contribution >= 4 is 11.6 Å². The van der Waals surface area contributed by atoms with Crippen LogP contribution in [0.1, 0.15) is 73.4 Å². The van der Waals surface area contributed by atoms with E-state index in [-0.39, 0.29) is 80.6 Å². The highest BCUT2D eigenvalue weighted by Crippen LogP contribution is 2.42. The van der Waals surface area contributed by atoms with Crippen LogP contribution < -0.4 is 9.47 Å². The van der Waals surface area contributed by atoms with E-state index in [1.165, 1.54) is 30.3 Å². The fourth-order valence-corrected chi connectivity index (χ4v) is 5.36. The Balaban J connectivity index is 0.000000185. The van der Waals surface area contributed by atoms with Crippen LogP contribution in [-0.4, -0.2) is 17.7 Å². The molecule has 2 aliphatic rings. The number of carbonyl (C=O) groups excluding carboxylic acids is 2. The van der Waals surface area contributed by atoms with E-state index in [1.807, 2.05) is 0 Å². The minimum Gasteiger partial charge on any atom is -0.457 e. The first-order chi connectivity index (χ1) is 22.4. The summed E-state index contributed by atoms with van der Waals surface area (Å²) < 4.78 is 105. The zero-order valence-electron chi connectivity index (χ0n) is 23.8. The van der Waals surface area contributed by atoms with Gasteiger partial charge in [-0.1, -0.05) is 0 Å². The summed E-state index contributed by atoms with van der Waals surface area (Å²) >= 11 is 0. The first kappa shape index (κ1) is 32.7. The van der Waals surface area contributed by atoms with Gasteiger partial charge < -0.3 is 9.47 Å². The van der Waals surface area contributed by atoms with E-state index in [4.69, 9.17) is 20.0 Å². The van der Waals surface area contributed by atoms with E-state index in [2.05, 4.69) is 0 Å². The summed E-state index contributed by atoms with van der Waals surface area (Å²) in [6.45, 7) is 0. The van der Waals surface area contributed by atoms with Gasteiger partial charge in [0.2, 0.25) is 0 Å². The fraction of sp³-hybridized carbons (Fsp3) is 0.176. The van der Waals surface area contributed by atoms with Crippen LogP contribution in [0.3, 0.4) is 0 Å². The molecule has 0 bridgehead atoms. The monoisotopic (exact) mass is 652 g/mol. The molecule has 0 saturated carbocycles. The van der Waals surface area contributed by atoms with Crippen LogP contribution in [-0.2, 0) is 12.8 Å². The lowest BCUT2D eigenvalue weighted by Crippen LogP contribution is -2.07. The van der Waals surface area contributed by atoms with Crippen LogP contribution in [0.2, 0.25) is 0 Å². The first-order valence-electron chi connectivity index (χ1n) is 13.8. The van der Waals surface area contributed by atoms with Gasteiger partial charge >= 0.3 is 0 Å². The molecule has 238 valence electrons. The van der Waals surface area contributed by atoms with Gasteiger partial charge in [0.25, 0.3) is 12.9 Å². The number of fused-ring (bicyclic) bond motifs is 2. The van der Waals surface area contributed by atoms with Crippen molar-refractivity contribution in [3.8, 4) is 35.1 Å². The van der Waals surface area contributed by atoms with Crippen molar-refractivity contribution in [1.82, 2.24) is 0 Å². The standard InChI is InChI=1S/C17H9F4NO2.C17H10F3NO2/c18-9-3-8(7-22)4-10(5-9)24-14-2-1-11-12(15(14)17(20)21)6-13(19)16(11)23;18-10-5-9(8-21)6-11(7-10)23-15-4-2-12-13(1-3-14(12)22)16(15)17(19)20/h1-5,13,17H,6H2;2,4-7,17H,1,3H2. The number of carbonyl (C=O) groups is 2. The lowest BCUT2D eigenvalue weighted by Gasteiger charge is -2.14. The van der Waals surface area contributed by atoms with E-state index >= 15 is 0 Å². The number of hydrogen-bond acceptors (Lipinski definition) is 6. The molecule has 0 spiro atoms. The smallest absolute Gasteiger partial charge is 0.267 e.